The van der Waals surface area contributed by atoms with Crippen molar-refractivity contribution in [2.24, 2.45) is 16.4 Å². The number of allylic oxidation sites excluding steroid dienone is 6. The number of amides is 1. The molecule has 190 valence electrons. The number of hydrazone groups is 1. The Kier molecular flexibility index (Phi) is 5.10. The van der Waals surface area contributed by atoms with Crippen molar-refractivity contribution in [3.05, 3.63) is 65.7 Å². The van der Waals surface area contributed by atoms with E-state index in [0.717, 1.165) is 25.0 Å². The molecule has 1 saturated heterocycles. The van der Waals surface area contributed by atoms with Gasteiger partial charge in [0, 0.05) is 23.6 Å². The van der Waals surface area contributed by atoms with Gasteiger partial charge in [0.2, 0.25) is 5.91 Å². The second-order valence-electron chi connectivity index (χ2n) is 13.2. The Bertz CT molecular complexity index is 1250. The third kappa shape index (κ3) is 2.69. The summed E-state index contributed by atoms with van der Waals surface area (Å²) in [5.74, 6) is 1.46. The van der Waals surface area contributed by atoms with Crippen molar-refractivity contribution in [2.45, 2.75) is 89.4 Å². The summed E-state index contributed by atoms with van der Waals surface area (Å²) >= 11 is 0. The van der Waals surface area contributed by atoms with Crippen molar-refractivity contribution in [3.63, 3.8) is 0 Å². The minimum Gasteiger partial charge on any atom is -0.540 e. The molecule has 1 amide bonds. The van der Waals surface area contributed by atoms with Crippen LogP contribution in [0.15, 0.2) is 70.8 Å². The summed E-state index contributed by atoms with van der Waals surface area (Å²) in [6.07, 6.45) is 14.0. The Balaban J connectivity index is 1.77. The smallest absolute Gasteiger partial charge is 0.302 e. The highest BCUT2D eigenvalue weighted by molar-refractivity contribution is 7.64. The zero-order valence-corrected chi connectivity index (χ0v) is 24.7. The van der Waals surface area contributed by atoms with Gasteiger partial charge in [0.15, 0.2) is 0 Å². The first-order chi connectivity index (χ1) is 16.9. The second-order valence-corrected chi connectivity index (χ2v) is 19.9. The van der Waals surface area contributed by atoms with Gasteiger partial charge in [0.25, 0.3) is 0 Å². The minimum atomic E-state index is -2.80. The van der Waals surface area contributed by atoms with Gasteiger partial charge in [-0.3, -0.25) is 4.79 Å². The van der Waals surface area contributed by atoms with Crippen LogP contribution >= 0.6 is 8.07 Å². The molecule has 4 nitrogen and oxygen atoms in total. The highest BCUT2D eigenvalue weighted by Crippen LogP contribution is 2.89. The van der Waals surface area contributed by atoms with Crippen LogP contribution in [-0.4, -0.2) is 29.9 Å². The molecule has 6 heteroatoms. The molecule has 5 atom stereocenters. The van der Waals surface area contributed by atoms with E-state index in [4.69, 9.17) is 9.53 Å². The maximum Gasteiger partial charge on any atom is 0.302 e. The number of fused-ring (bicyclic) bond motifs is 1. The quantitative estimate of drug-likeness (QED) is 0.288. The van der Waals surface area contributed by atoms with Crippen molar-refractivity contribution in [1.29, 1.82) is 0 Å². The number of carbonyl (C=O) groups is 1. The Morgan fingerprint density at radius 3 is 2.47 bits per heavy atom. The molecule has 0 N–H and O–H groups in total. The lowest BCUT2D eigenvalue weighted by Crippen LogP contribution is -2.66. The van der Waals surface area contributed by atoms with Crippen LogP contribution in [0.4, 0.5) is 0 Å². The molecule has 6 rings (SSSR count). The molecule has 2 fully saturated rings. The van der Waals surface area contributed by atoms with Crippen LogP contribution in [0.2, 0.25) is 10.1 Å². The molecule has 0 radical (unpaired) electrons. The number of nitrogens with zero attached hydrogens (tertiary/aromatic N) is 2. The first-order valence-corrected chi connectivity index (χ1v) is 16.7. The Labute approximate surface area is 218 Å². The molecule has 1 unspecified atom stereocenters. The summed E-state index contributed by atoms with van der Waals surface area (Å²) in [6, 6.07) is 11.1. The summed E-state index contributed by atoms with van der Waals surface area (Å²) in [5.41, 5.74) is 1.10. The van der Waals surface area contributed by atoms with E-state index in [9.17, 15) is 4.79 Å². The molecule has 1 aromatic carbocycles. The van der Waals surface area contributed by atoms with Gasteiger partial charge in [-0.05, 0) is 29.5 Å². The fraction of sp³-hybridized carbons (Fsp3) is 0.533. The fourth-order valence-corrected chi connectivity index (χ4v) is 19.0. The first kappa shape index (κ1) is 24.4. The second kappa shape index (κ2) is 7.54. The van der Waals surface area contributed by atoms with E-state index in [1.807, 2.05) is 4.78 Å². The van der Waals surface area contributed by atoms with E-state index in [0.29, 0.717) is 0 Å². The predicted molar refractivity (Wildman–Crippen MR) is 152 cm³/mol. The van der Waals surface area contributed by atoms with Crippen LogP contribution in [0, 0.1) is 11.3 Å². The molecule has 0 bridgehead atoms. The standard InChI is InChI=1S/C30H39N2O2PSi/c1-21(33)32-31-24-18-12-13-19-29(24)23-17-11-14-20-30(23)26(35(29)32)25(27(2,3)4)34-36(30,28(5,6)7)22-15-9-8-10-16-22/h8-11,14-17,20,23H,12-13,18-19H2,1-7H3/t23-,29-,30+,35?,36-/m0/s1. The molecule has 0 aromatic heterocycles. The highest BCUT2D eigenvalue weighted by Gasteiger charge is 2.83. The molecule has 3 heterocycles. The van der Waals surface area contributed by atoms with Gasteiger partial charge >= 0.3 is 8.32 Å². The number of rotatable bonds is 1. The summed E-state index contributed by atoms with van der Waals surface area (Å²) in [4.78, 5) is 13.3. The summed E-state index contributed by atoms with van der Waals surface area (Å²) in [6.45, 7) is 15.7. The monoisotopic (exact) mass is 518 g/mol. The largest absolute Gasteiger partial charge is 0.540 e. The van der Waals surface area contributed by atoms with Gasteiger partial charge in [-0.1, -0.05) is 103 Å². The molecule has 2 spiro atoms. The lowest BCUT2D eigenvalue weighted by Gasteiger charge is -2.53. The van der Waals surface area contributed by atoms with Crippen LogP contribution in [0.5, 0.6) is 0 Å². The Hall–Kier alpha value is -1.97. The van der Waals surface area contributed by atoms with E-state index >= 15 is 0 Å². The first-order valence-electron chi connectivity index (χ1n) is 13.5. The maximum absolute atomic E-state index is 13.3. The Morgan fingerprint density at radius 1 is 1.11 bits per heavy atom. The number of hydrogen-bond acceptors (Lipinski definition) is 3. The molecule has 2 aliphatic carbocycles. The van der Waals surface area contributed by atoms with E-state index in [-0.39, 0.29) is 32.5 Å². The van der Waals surface area contributed by atoms with E-state index in [1.54, 1.807) is 6.92 Å². The summed E-state index contributed by atoms with van der Waals surface area (Å²) in [7, 11) is -3.80. The van der Waals surface area contributed by atoms with Crippen LogP contribution in [-0.2, 0) is 9.22 Å². The molecular formula is C30H39N2O2PSi. The van der Waals surface area contributed by atoms with Crippen molar-refractivity contribution in [1.82, 2.24) is 4.78 Å². The molecular weight excluding hydrogens is 479 g/mol. The fourth-order valence-electron chi connectivity index (χ4n) is 8.05. The Morgan fingerprint density at radius 2 is 1.83 bits per heavy atom. The molecule has 3 aliphatic heterocycles. The average molecular weight is 519 g/mol. The molecule has 1 saturated carbocycles. The predicted octanol–water partition coefficient (Wildman–Crippen LogP) is 7.35. The molecule has 1 aromatic rings. The van der Waals surface area contributed by atoms with Gasteiger partial charge in [-0.2, -0.15) is 5.10 Å². The van der Waals surface area contributed by atoms with Crippen molar-refractivity contribution >= 4 is 33.2 Å². The molecule has 5 aliphatic rings. The number of hydrogen-bond donors (Lipinski definition) is 0. The lowest BCUT2D eigenvalue weighted by atomic mass is 9.70. The van der Waals surface area contributed by atoms with Crippen molar-refractivity contribution in [3.8, 4) is 0 Å². The van der Waals surface area contributed by atoms with E-state index < -0.39 is 16.4 Å². The third-order valence-electron chi connectivity index (χ3n) is 9.14. The van der Waals surface area contributed by atoms with E-state index in [1.165, 1.54) is 22.6 Å². The van der Waals surface area contributed by atoms with Crippen LogP contribution < -0.4 is 5.19 Å². The third-order valence-corrected chi connectivity index (χ3v) is 18.3. The van der Waals surface area contributed by atoms with Gasteiger partial charge in [0.05, 0.1) is 29.7 Å². The van der Waals surface area contributed by atoms with Crippen LogP contribution in [0.3, 0.4) is 0 Å². The van der Waals surface area contributed by atoms with Crippen LogP contribution in [0.1, 0.15) is 74.1 Å². The van der Waals surface area contributed by atoms with Gasteiger partial charge in [0.1, 0.15) is 0 Å². The zero-order chi connectivity index (χ0) is 25.7. The van der Waals surface area contributed by atoms with Crippen molar-refractivity contribution < 1.29 is 9.22 Å². The van der Waals surface area contributed by atoms with Gasteiger partial charge < -0.3 is 4.43 Å². The minimum absolute atomic E-state index is 0.0690. The zero-order valence-electron chi connectivity index (χ0n) is 22.8. The lowest BCUT2D eigenvalue weighted by molar-refractivity contribution is -0.124. The van der Waals surface area contributed by atoms with Gasteiger partial charge in [-0.15, -0.1) is 0 Å². The molecule has 36 heavy (non-hydrogen) atoms. The highest BCUT2D eigenvalue weighted by atomic mass is 31.1. The number of benzene rings is 1. The normalized spacial score (nSPS) is 36.8. The van der Waals surface area contributed by atoms with Crippen LogP contribution in [0.25, 0.3) is 0 Å². The summed E-state index contributed by atoms with van der Waals surface area (Å²) in [5, 5.41) is 7.48. The topological polar surface area (TPSA) is 41.9 Å². The maximum atomic E-state index is 13.3. The van der Waals surface area contributed by atoms with E-state index in [2.05, 4.69) is 96.2 Å². The van der Waals surface area contributed by atoms with Gasteiger partial charge in [-0.25, -0.2) is 4.78 Å². The summed E-state index contributed by atoms with van der Waals surface area (Å²) < 4.78 is 9.60. The number of carbonyl (C=O) groups excluding carboxylic acids is 1. The SMILES string of the molecule is CC(=O)N1N=C2CCCC[C@]23[C@@H]2C=CC=C[C@]24C(=C(C(C)(C)C)O[Si@@]4(c2ccccc2)C(C)(C)C)P13. The van der Waals surface area contributed by atoms with Crippen molar-refractivity contribution in [2.75, 3.05) is 0 Å². The average Bonchev–Trinajstić information content (AvgIpc) is 3.39.